The number of hydrogen-bond acceptors (Lipinski definition) is 8. The predicted octanol–water partition coefficient (Wildman–Crippen LogP) is 13.7. The Labute approximate surface area is 465 Å². The quantitative estimate of drug-likeness (QED) is 0.160. The van der Waals surface area contributed by atoms with Crippen LogP contribution in [0.4, 0.5) is 0 Å². The van der Waals surface area contributed by atoms with Crippen LogP contribution in [0.1, 0.15) is 115 Å². The van der Waals surface area contributed by atoms with Crippen molar-refractivity contribution in [2.24, 2.45) is 0 Å². The fourth-order valence-electron chi connectivity index (χ4n) is 12.0. The van der Waals surface area contributed by atoms with Gasteiger partial charge in [-0.2, -0.15) is 0 Å². The molecule has 0 radical (unpaired) electrons. The molecule has 80 heavy (non-hydrogen) atoms. The first-order valence-electron chi connectivity index (χ1n) is 28.7. The third kappa shape index (κ3) is 9.04. The Morgan fingerprint density at radius 1 is 0.512 bits per heavy atom. The molecule has 14 nitrogen and oxygen atoms in total. The lowest BCUT2D eigenvalue weighted by molar-refractivity contribution is 0.0686. The van der Waals surface area contributed by atoms with Crippen LogP contribution in [0.3, 0.4) is 0 Å². The molecule has 406 valence electrons. The van der Waals surface area contributed by atoms with E-state index < -0.39 is 0 Å². The summed E-state index contributed by atoms with van der Waals surface area (Å²) in [7, 11) is 0. The van der Waals surface area contributed by atoms with Gasteiger partial charge in [-0.15, -0.1) is 0 Å². The average molecular weight is 1070 g/mol. The van der Waals surface area contributed by atoms with Gasteiger partial charge < -0.3 is 32.3 Å². The van der Waals surface area contributed by atoms with Crippen molar-refractivity contribution in [2.75, 3.05) is 13.1 Å². The first-order valence-corrected chi connectivity index (χ1v) is 28.7. The summed E-state index contributed by atoms with van der Waals surface area (Å²) < 4.78 is 13.7. The van der Waals surface area contributed by atoms with Crippen molar-refractivity contribution in [3.8, 4) is 33.4 Å². The lowest BCUT2D eigenvalue weighted by Crippen LogP contribution is -2.41. The van der Waals surface area contributed by atoms with E-state index in [1.54, 1.807) is 18.7 Å². The monoisotopic (exact) mass is 1060 g/mol. The number of pyridine rings is 4. The number of carbonyl (C=O) groups is 2. The second kappa shape index (κ2) is 21.2. The molecular weight excluding hydrogens is 997 g/mol. The number of hydrogen-bond donors (Lipinski definition) is 0. The van der Waals surface area contributed by atoms with E-state index >= 15 is 0 Å². The summed E-state index contributed by atoms with van der Waals surface area (Å²) in [6, 6.07) is 29.8. The van der Waals surface area contributed by atoms with Crippen molar-refractivity contribution < 1.29 is 14.0 Å². The molecule has 3 saturated carbocycles. The van der Waals surface area contributed by atoms with Crippen LogP contribution >= 0.6 is 0 Å². The van der Waals surface area contributed by atoms with E-state index in [4.69, 9.17) is 4.42 Å². The summed E-state index contributed by atoms with van der Waals surface area (Å²) in [5, 5.41) is 0. The summed E-state index contributed by atoms with van der Waals surface area (Å²) in [5.41, 5.74) is 20.3. The van der Waals surface area contributed by atoms with E-state index in [1.807, 2.05) is 109 Å². The Kier molecular flexibility index (Phi) is 13.8. The summed E-state index contributed by atoms with van der Waals surface area (Å²) in [5.74, 6) is 0.271. The highest BCUT2D eigenvalue weighted by molar-refractivity contribution is 6.11. The Morgan fingerprint density at radius 3 is 1.55 bits per heavy atom. The highest BCUT2D eigenvalue weighted by atomic mass is 16.3. The molecule has 0 bridgehead atoms. The van der Waals surface area contributed by atoms with Gasteiger partial charge in [0.05, 0.1) is 39.4 Å². The molecule has 0 spiro atoms. The minimum atomic E-state index is 0.0815. The number of rotatable bonds is 6. The molecule has 2 aromatic carbocycles. The van der Waals surface area contributed by atoms with Crippen molar-refractivity contribution in [1.82, 2.24) is 47.8 Å². The van der Waals surface area contributed by atoms with Crippen molar-refractivity contribution in [2.45, 2.75) is 125 Å². The molecule has 0 saturated heterocycles. The smallest absolute Gasteiger partial charge is 0.275 e. The summed E-state index contributed by atoms with van der Waals surface area (Å²) >= 11 is 0. The molecule has 3 aliphatic carbocycles. The molecule has 9 aromatic heterocycles. The van der Waals surface area contributed by atoms with Gasteiger partial charge in [-0.1, -0.05) is 75.2 Å². The normalized spacial score (nSPS) is 15.7. The minimum absolute atomic E-state index is 0.0815. The van der Waals surface area contributed by atoms with Gasteiger partial charge >= 0.3 is 0 Å². The van der Waals surface area contributed by atoms with E-state index in [2.05, 4.69) is 104 Å². The number of carbonyl (C=O) groups excluding carboxylic acids is 2. The van der Waals surface area contributed by atoms with Gasteiger partial charge in [0.25, 0.3) is 17.4 Å². The minimum Gasteiger partial charge on any atom is -0.463 e. The van der Waals surface area contributed by atoms with Crippen LogP contribution in [0.5, 0.6) is 0 Å². The van der Waals surface area contributed by atoms with Crippen LogP contribution in [-0.4, -0.2) is 84.8 Å². The number of fused-ring (bicyclic) bond motifs is 10. The van der Waals surface area contributed by atoms with Crippen LogP contribution < -0.4 is 5.56 Å². The van der Waals surface area contributed by atoms with E-state index in [0.29, 0.717) is 23.7 Å². The lowest BCUT2D eigenvalue weighted by Gasteiger charge is -2.29. The Hall–Kier alpha value is -8.65. The predicted molar refractivity (Wildman–Crippen MR) is 318 cm³/mol. The SMILES string of the molecule is CC.CC.Cc1ccc(-c2c3n(c4cccnc24)CCN(C2CC2)C3=O)c(C)c1.Cc1ccc(-c2c3ncccc3n3ccn(C4CC4)c(=O)c23)c(C)c1.O=C1c2c(-c3cnc4ccoc4c3)c3ncccc3n2CCN1C1CC1. The number of aryl methyl sites for hydroxylation is 4. The Balaban J connectivity index is 0.000000116. The van der Waals surface area contributed by atoms with Gasteiger partial charge in [0.2, 0.25) is 0 Å². The van der Waals surface area contributed by atoms with Crippen LogP contribution in [0.15, 0.2) is 138 Å². The number of benzene rings is 2. The molecular formula is C66H68N10O4. The van der Waals surface area contributed by atoms with Crippen molar-refractivity contribution in [3.63, 3.8) is 0 Å². The number of aromatic nitrogens is 8. The molecule has 11 aromatic rings. The van der Waals surface area contributed by atoms with Crippen molar-refractivity contribution in [1.29, 1.82) is 0 Å². The molecule has 14 heteroatoms. The van der Waals surface area contributed by atoms with Crippen LogP contribution in [0.2, 0.25) is 0 Å². The maximum atomic E-state index is 13.3. The average Bonchev–Trinajstić information content (AvgIpc) is 4.55. The maximum Gasteiger partial charge on any atom is 0.275 e. The molecule has 0 atom stereocenters. The third-order valence-electron chi connectivity index (χ3n) is 16.1. The molecule has 0 N–H and O–H groups in total. The number of nitrogens with zero attached hydrogens (tertiary/aromatic N) is 10. The number of amides is 2. The first-order chi connectivity index (χ1) is 39.1. The Bertz CT molecular complexity index is 4260. The zero-order valence-electron chi connectivity index (χ0n) is 47.0. The molecule has 16 rings (SSSR count). The fraction of sp³-hybridized carbons (Fsp3) is 0.318. The standard InChI is InChI=1S/C21H21N3O.C21H19N3O.C20H16N4O2.2C2H6/c2*1-13-5-8-16(14(2)12-13)18-19-17(4-3-9-22-19)24-11-10-23(15-6-7-15)21(25)20(18)24;25-20-19-17(12-10-16-14(22-11-12)5-9-26-16)18-15(2-1-6-21-18)24(19)8-7-23(20)13-3-4-13;2*1-2/h3-5,8-9,12,15H,6-7,10-11H2,1-2H3;3-5,8-12,15H,6-7H2,1-2H3;1-2,5-6,9-11,13H,3-4,7-8H2;2*1-2H3. The number of furan rings is 1. The second-order valence-electron chi connectivity index (χ2n) is 21.3. The van der Waals surface area contributed by atoms with E-state index in [0.717, 1.165) is 154 Å². The van der Waals surface area contributed by atoms with Gasteiger partial charge in [0.15, 0.2) is 5.58 Å². The van der Waals surface area contributed by atoms with Crippen molar-refractivity contribution >= 4 is 61.5 Å². The summed E-state index contributed by atoms with van der Waals surface area (Å²) in [6.07, 6.45) is 19.5. The zero-order chi connectivity index (χ0) is 55.5. The van der Waals surface area contributed by atoms with Crippen LogP contribution in [0.25, 0.3) is 83.1 Å². The molecule has 2 aliphatic heterocycles. The summed E-state index contributed by atoms with van der Waals surface area (Å²) in [6.45, 7) is 19.6. The maximum absolute atomic E-state index is 13.3. The van der Waals surface area contributed by atoms with Crippen LogP contribution in [0, 0.1) is 27.7 Å². The van der Waals surface area contributed by atoms with E-state index in [9.17, 15) is 14.4 Å². The third-order valence-corrected chi connectivity index (χ3v) is 16.1. The largest absolute Gasteiger partial charge is 0.463 e. The highest BCUT2D eigenvalue weighted by Gasteiger charge is 2.41. The highest BCUT2D eigenvalue weighted by Crippen LogP contribution is 2.43. The van der Waals surface area contributed by atoms with Crippen LogP contribution in [-0.2, 0) is 13.1 Å². The molecule has 5 aliphatic rings. The van der Waals surface area contributed by atoms with Gasteiger partial charge in [0, 0.05) is 110 Å². The molecule has 11 heterocycles. The van der Waals surface area contributed by atoms with Gasteiger partial charge in [0.1, 0.15) is 22.4 Å². The van der Waals surface area contributed by atoms with Gasteiger partial charge in [-0.3, -0.25) is 34.3 Å². The fourth-order valence-corrected chi connectivity index (χ4v) is 12.0. The molecule has 3 fully saturated rings. The summed E-state index contributed by atoms with van der Waals surface area (Å²) in [4.78, 5) is 62.4. The van der Waals surface area contributed by atoms with Gasteiger partial charge in [-0.25, -0.2) is 0 Å². The van der Waals surface area contributed by atoms with Crippen molar-refractivity contribution in [3.05, 3.63) is 172 Å². The lowest BCUT2D eigenvalue weighted by atomic mass is 9.97. The first kappa shape index (κ1) is 52.1. The molecule has 0 unspecified atom stereocenters. The topological polar surface area (TPSA) is 142 Å². The Morgan fingerprint density at radius 2 is 1.01 bits per heavy atom. The van der Waals surface area contributed by atoms with E-state index in [-0.39, 0.29) is 17.4 Å². The van der Waals surface area contributed by atoms with E-state index in [1.165, 1.54) is 22.3 Å². The second-order valence-corrected chi connectivity index (χ2v) is 21.3. The zero-order valence-corrected chi connectivity index (χ0v) is 47.0. The molecule has 2 amide bonds. The van der Waals surface area contributed by atoms with Gasteiger partial charge in [-0.05, 0) is 131 Å².